The van der Waals surface area contributed by atoms with Gasteiger partial charge in [0, 0.05) is 17.5 Å². The first kappa shape index (κ1) is 15.4. The molecule has 1 unspecified atom stereocenters. The fraction of sp³-hybridized carbons (Fsp3) is 0.667. The summed E-state index contributed by atoms with van der Waals surface area (Å²) in [5.41, 5.74) is 0.976. The second-order valence-corrected chi connectivity index (χ2v) is 8.60. The van der Waals surface area contributed by atoms with Crippen molar-refractivity contribution in [2.45, 2.75) is 32.9 Å². The van der Waals surface area contributed by atoms with E-state index in [2.05, 4.69) is 4.98 Å². The molecule has 1 atom stereocenters. The number of carbonyl (C=O) groups is 1. The summed E-state index contributed by atoms with van der Waals surface area (Å²) in [5.74, 6) is -0.960. The van der Waals surface area contributed by atoms with Crippen molar-refractivity contribution in [3.05, 3.63) is 15.6 Å². The molecule has 8 heteroatoms. The summed E-state index contributed by atoms with van der Waals surface area (Å²) < 4.78 is 23.3. The molecular weight excluding hydrogens is 300 g/mol. The number of carboxylic acids is 1. The zero-order chi connectivity index (χ0) is 14.9. The standard InChI is InChI=1S/C12H18N2O4S2/c1-8-9(2)19-11(13-8)6-14-3-4-20(17,18)7-10(14)5-12(15)16/h10H,3-7H2,1-2H3,(H,15,16). The van der Waals surface area contributed by atoms with E-state index < -0.39 is 21.8 Å². The quantitative estimate of drug-likeness (QED) is 0.885. The van der Waals surface area contributed by atoms with Crippen molar-refractivity contribution in [2.75, 3.05) is 18.1 Å². The van der Waals surface area contributed by atoms with Crippen molar-refractivity contribution >= 4 is 27.1 Å². The molecule has 1 aromatic rings. The van der Waals surface area contributed by atoms with Gasteiger partial charge in [-0.25, -0.2) is 13.4 Å². The van der Waals surface area contributed by atoms with Crippen LogP contribution in [0.5, 0.6) is 0 Å². The molecular formula is C12H18N2O4S2. The fourth-order valence-corrected chi connectivity index (χ4v) is 4.85. The van der Waals surface area contributed by atoms with E-state index in [1.165, 1.54) is 0 Å². The van der Waals surface area contributed by atoms with Crippen LogP contribution >= 0.6 is 11.3 Å². The highest BCUT2D eigenvalue weighted by atomic mass is 32.2. The Morgan fingerprint density at radius 1 is 1.50 bits per heavy atom. The van der Waals surface area contributed by atoms with Gasteiger partial charge in [-0.15, -0.1) is 11.3 Å². The van der Waals surface area contributed by atoms with Gasteiger partial charge in [0.25, 0.3) is 0 Å². The Labute approximate surface area is 122 Å². The highest BCUT2D eigenvalue weighted by molar-refractivity contribution is 7.91. The Bertz CT molecular complexity index is 589. The van der Waals surface area contributed by atoms with E-state index in [1.807, 2.05) is 18.7 Å². The molecule has 6 nitrogen and oxygen atoms in total. The van der Waals surface area contributed by atoms with E-state index in [0.29, 0.717) is 13.1 Å². The lowest BCUT2D eigenvalue weighted by Gasteiger charge is -2.33. The minimum Gasteiger partial charge on any atom is -0.481 e. The first-order valence-electron chi connectivity index (χ1n) is 6.36. The molecule has 1 N–H and O–H groups in total. The normalized spacial score (nSPS) is 22.8. The summed E-state index contributed by atoms with van der Waals surface area (Å²) in [6.07, 6.45) is -0.150. The van der Waals surface area contributed by atoms with E-state index in [1.54, 1.807) is 11.3 Å². The van der Waals surface area contributed by atoms with Crippen LogP contribution in [0.2, 0.25) is 0 Å². The van der Waals surface area contributed by atoms with Crippen molar-refractivity contribution in [2.24, 2.45) is 0 Å². The largest absolute Gasteiger partial charge is 0.481 e. The molecule has 0 aliphatic carbocycles. The van der Waals surface area contributed by atoms with Crippen LogP contribution in [-0.2, 0) is 21.2 Å². The smallest absolute Gasteiger partial charge is 0.304 e. The second kappa shape index (κ2) is 5.79. The first-order valence-corrected chi connectivity index (χ1v) is 9.00. The minimum atomic E-state index is -3.13. The van der Waals surface area contributed by atoms with Crippen molar-refractivity contribution in [3.8, 4) is 0 Å². The minimum absolute atomic E-state index is 0.0807. The zero-order valence-corrected chi connectivity index (χ0v) is 13.1. The van der Waals surface area contributed by atoms with Crippen LogP contribution in [0, 0.1) is 13.8 Å². The molecule has 1 fully saturated rings. The van der Waals surface area contributed by atoms with Crippen LogP contribution in [0.1, 0.15) is 22.0 Å². The molecule has 0 saturated carbocycles. The number of carboxylic acid groups (broad SMARTS) is 1. The second-order valence-electron chi connectivity index (χ2n) is 5.09. The number of sulfone groups is 1. The molecule has 20 heavy (non-hydrogen) atoms. The van der Waals surface area contributed by atoms with Crippen LogP contribution < -0.4 is 0 Å². The van der Waals surface area contributed by atoms with Crippen LogP contribution in [0.4, 0.5) is 0 Å². The predicted molar refractivity (Wildman–Crippen MR) is 76.7 cm³/mol. The Morgan fingerprint density at radius 3 is 2.75 bits per heavy atom. The van der Waals surface area contributed by atoms with Gasteiger partial charge in [-0.3, -0.25) is 9.69 Å². The van der Waals surface area contributed by atoms with Crippen LogP contribution in [0.3, 0.4) is 0 Å². The van der Waals surface area contributed by atoms with Gasteiger partial charge in [-0.2, -0.15) is 0 Å². The number of nitrogens with zero attached hydrogens (tertiary/aromatic N) is 2. The van der Waals surface area contributed by atoms with Crippen LogP contribution in [-0.4, -0.2) is 53.5 Å². The van der Waals surface area contributed by atoms with Gasteiger partial charge in [0.05, 0.1) is 30.2 Å². The first-order chi connectivity index (χ1) is 9.27. The topological polar surface area (TPSA) is 87.6 Å². The predicted octanol–water partition coefficient (Wildman–Crippen LogP) is 0.834. The molecule has 0 bridgehead atoms. The number of aromatic nitrogens is 1. The van der Waals surface area contributed by atoms with Crippen LogP contribution in [0.15, 0.2) is 0 Å². The molecule has 0 aromatic carbocycles. The third kappa shape index (κ3) is 3.77. The molecule has 1 aromatic heterocycles. The lowest BCUT2D eigenvalue weighted by molar-refractivity contribution is -0.138. The highest BCUT2D eigenvalue weighted by Gasteiger charge is 2.33. The SMILES string of the molecule is Cc1nc(CN2CCS(=O)(=O)CC2CC(=O)O)sc1C. The maximum Gasteiger partial charge on any atom is 0.304 e. The Morgan fingerprint density at radius 2 is 2.20 bits per heavy atom. The number of aryl methyl sites for hydroxylation is 2. The lowest BCUT2D eigenvalue weighted by atomic mass is 10.2. The van der Waals surface area contributed by atoms with Crippen molar-refractivity contribution < 1.29 is 18.3 Å². The molecule has 0 spiro atoms. The summed E-state index contributed by atoms with van der Waals surface area (Å²) in [5, 5.41) is 9.85. The number of rotatable bonds is 4. The number of hydrogen-bond donors (Lipinski definition) is 1. The Hall–Kier alpha value is -0.990. The Kier molecular flexibility index (Phi) is 4.46. The molecule has 1 saturated heterocycles. The van der Waals surface area contributed by atoms with E-state index in [4.69, 9.17) is 5.11 Å². The van der Waals surface area contributed by atoms with Gasteiger partial charge < -0.3 is 5.11 Å². The van der Waals surface area contributed by atoms with E-state index in [0.717, 1.165) is 15.6 Å². The summed E-state index contributed by atoms with van der Waals surface area (Å²) in [6.45, 7) is 4.82. The number of thiazole rings is 1. The van der Waals surface area contributed by atoms with Crippen LogP contribution in [0.25, 0.3) is 0 Å². The van der Waals surface area contributed by atoms with E-state index in [9.17, 15) is 13.2 Å². The van der Waals surface area contributed by atoms with Crippen molar-refractivity contribution in [1.29, 1.82) is 0 Å². The van der Waals surface area contributed by atoms with Gasteiger partial charge in [0.2, 0.25) is 0 Å². The molecule has 1 aliphatic heterocycles. The number of aliphatic carboxylic acids is 1. The average molecular weight is 318 g/mol. The summed E-state index contributed by atoms with van der Waals surface area (Å²) in [4.78, 5) is 18.4. The van der Waals surface area contributed by atoms with Crippen molar-refractivity contribution in [3.63, 3.8) is 0 Å². The van der Waals surface area contributed by atoms with Gasteiger partial charge >= 0.3 is 5.97 Å². The molecule has 2 rings (SSSR count). The molecule has 1 aliphatic rings. The highest BCUT2D eigenvalue weighted by Crippen LogP contribution is 2.22. The molecule has 112 valence electrons. The van der Waals surface area contributed by atoms with Gasteiger partial charge in [0.15, 0.2) is 9.84 Å². The van der Waals surface area contributed by atoms with Crippen molar-refractivity contribution in [1.82, 2.24) is 9.88 Å². The molecule has 0 amide bonds. The third-order valence-electron chi connectivity index (χ3n) is 3.47. The van der Waals surface area contributed by atoms with Gasteiger partial charge in [-0.05, 0) is 13.8 Å². The monoisotopic (exact) mass is 318 g/mol. The third-order valence-corrected chi connectivity index (χ3v) is 6.23. The average Bonchev–Trinajstić information content (AvgIpc) is 2.61. The fourth-order valence-electron chi connectivity index (χ4n) is 2.30. The van der Waals surface area contributed by atoms with Gasteiger partial charge in [0.1, 0.15) is 5.01 Å². The van der Waals surface area contributed by atoms with E-state index >= 15 is 0 Å². The summed E-state index contributed by atoms with van der Waals surface area (Å²) in [7, 11) is -3.13. The van der Waals surface area contributed by atoms with E-state index in [-0.39, 0.29) is 17.9 Å². The summed E-state index contributed by atoms with van der Waals surface area (Å²) in [6, 6.07) is -0.462. The maximum atomic E-state index is 11.7. The van der Waals surface area contributed by atoms with Gasteiger partial charge in [-0.1, -0.05) is 0 Å². The Balaban J connectivity index is 2.13. The maximum absolute atomic E-state index is 11.7. The lowest BCUT2D eigenvalue weighted by Crippen LogP contribution is -2.48. The zero-order valence-electron chi connectivity index (χ0n) is 11.5. The summed E-state index contributed by atoms with van der Waals surface area (Å²) >= 11 is 1.58. The molecule has 2 heterocycles. The molecule has 0 radical (unpaired) electrons. The number of hydrogen-bond acceptors (Lipinski definition) is 6.